The molecule has 0 saturated carbocycles. The van der Waals surface area contributed by atoms with Crippen molar-refractivity contribution in [1.29, 1.82) is 0 Å². The third-order valence-electron chi connectivity index (χ3n) is 5.77. The SMILES string of the molecule is COC(=O)[C@]1(Cc2ccccc2)[NH2+][C@@H](c2cccs2)[C@@H]2C(=O)N(C)C(=O)[C@H]21. The second-order valence-electron chi connectivity index (χ2n) is 7.14. The van der Waals surface area contributed by atoms with Gasteiger partial charge in [0, 0.05) is 13.5 Å². The van der Waals surface area contributed by atoms with Gasteiger partial charge in [-0.2, -0.15) is 0 Å². The monoisotopic (exact) mass is 385 g/mol. The number of esters is 1. The number of methoxy groups -OCH3 is 1. The van der Waals surface area contributed by atoms with Crippen molar-refractivity contribution in [1.82, 2.24) is 4.90 Å². The number of nitrogens with zero attached hydrogens (tertiary/aromatic N) is 1. The van der Waals surface area contributed by atoms with Gasteiger partial charge in [0.05, 0.1) is 12.0 Å². The van der Waals surface area contributed by atoms with E-state index in [2.05, 4.69) is 0 Å². The van der Waals surface area contributed by atoms with Gasteiger partial charge in [-0.05, 0) is 17.0 Å². The Balaban J connectivity index is 1.85. The van der Waals surface area contributed by atoms with Crippen LogP contribution in [0.3, 0.4) is 0 Å². The lowest BCUT2D eigenvalue weighted by molar-refractivity contribution is -0.733. The van der Waals surface area contributed by atoms with Gasteiger partial charge in [-0.3, -0.25) is 14.5 Å². The zero-order chi connectivity index (χ0) is 19.2. The van der Waals surface area contributed by atoms with Crippen molar-refractivity contribution in [3.05, 3.63) is 58.3 Å². The molecule has 7 heteroatoms. The summed E-state index contributed by atoms with van der Waals surface area (Å²) in [5.74, 6) is -2.30. The number of amides is 2. The van der Waals surface area contributed by atoms with Crippen molar-refractivity contribution in [3.63, 3.8) is 0 Å². The van der Waals surface area contributed by atoms with Gasteiger partial charge in [-0.1, -0.05) is 36.4 Å². The summed E-state index contributed by atoms with van der Waals surface area (Å²) in [5, 5.41) is 3.84. The number of fused-ring (bicyclic) bond motifs is 1. The van der Waals surface area contributed by atoms with Crippen LogP contribution in [0, 0.1) is 11.8 Å². The van der Waals surface area contributed by atoms with E-state index in [0.717, 1.165) is 10.4 Å². The molecule has 2 amide bonds. The Labute approximate surface area is 161 Å². The number of nitrogens with two attached hydrogens (primary N) is 1. The Bertz CT molecular complexity index is 883. The molecular formula is C20H21N2O4S+. The molecule has 0 unspecified atom stereocenters. The minimum absolute atomic E-state index is 0.224. The van der Waals surface area contributed by atoms with E-state index in [1.807, 2.05) is 53.2 Å². The molecule has 6 nitrogen and oxygen atoms in total. The molecule has 2 fully saturated rings. The maximum Gasteiger partial charge on any atom is 0.369 e. The van der Waals surface area contributed by atoms with Crippen LogP contribution in [0.5, 0.6) is 0 Å². The number of thiophene rings is 1. The van der Waals surface area contributed by atoms with Crippen LogP contribution in [0.15, 0.2) is 47.8 Å². The van der Waals surface area contributed by atoms with Crippen LogP contribution >= 0.6 is 11.3 Å². The molecule has 2 N–H and O–H groups in total. The summed E-state index contributed by atoms with van der Waals surface area (Å²) >= 11 is 1.53. The highest BCUT2D eigenvalue weighted by Gasteiger charge is 2.72. The summed E-state index contributed by atoms with van der Waals surface area (Å²) in [6.07, 6.45) is 0.330. The van der Waals surface area contributed by atoms with Gasteiger partial charge < -0.3 is 10.1 Å². The standard InChI is InChI=1S/C20H20N2O4S/c1-22-17(23)14-15(18(22)24)20(19(25)26-2,11-12-7-4-3-5-8-12)21-16(14)13-9-6-10-27-13/h3-10,14-16,21H,11H2,1-2H3/p+1/t14-,15+,16+,20-/m1/s1. The van der Waals surface area contributed by atoms with Crippen LogP contribution < -0.4 is 5.32 Å². The smallest absolute Gasteiger partial charge is 0.369 e. The molecule has 4 rings (SSSR count). The summed E-state index contributed by atoms with van der Waals surface area (Å²) in [6, 6.07) is 13.2. The van der Waals surface area contributed by atoms with Crippen LogP contribution in [0.1, 0.15) is 16.5 Å². The third kappa shape index (κ3) is 2.61. The molecule has 2 aliphatic heterocycles. The minimum atomic E-state index is -1.16. The number of ether oxygens (including phenoxy) is 1. The summed E-state index contributed by atoms with van der Waals surface area (Å²) in [4.78, 5) is 41.1. The van der Waals surface area contributed by atoms with Crippen molar-refractivity contribution >= 4 is 29.1 Å². The van der Waals surface area contributed by atoms with Crippen LogP contribution in [-0.2, 0) is 25.5 Å². The number of carbonyl (C=O) groups excluding carboxylic acids is 3. The van der Waals surface area contributed by atoms with Gasteiger partial charge in [-0.25, -0.2) is 4.79 Å². The number of quaternary nitrogens is 1. The predicted octanol–water partition coefficient (Wildman–Crippen LogP) is 0.752. The number of carbonyl (C=O) groups is 3. The first kappa shape index (κ1) is 17.9. The fraction of sp³-hybridized carbons (Fsp3) is 0.350. The zero-order valence-electron chi connectivity index (χ0n) is 15.1. The summed E-state index contributed by atoms with van der Waals surface area (Å²) < 4.78 is 5.15. The van der Waals surface area contributed by atoms with Crippen LogP contribution in [0.25, 0.3) is 0 Å². The van der Waals surface area contributed by atoms with Gasteiger partial charge in [0.2, 0.25) is 17.4 Å². The molecule has 2 aliphatic rings. The Morgan fingerprint density at radius 3 is 2.56 bits per heavy atom. The number of likely N-dealkylation sites (tertiary alicyclic amines) is 1. The number of imide groups is 1. The molecule has 3 heterocycles. The molecule has 0 aliphatic carbocycles. The van der Waals surface area contributed by atoms with Crippen LogP contribution in [0.2, 0.25) is 0 Å². The molecule has 0 radical (unpaired) electrons. The van der Waals surface area contributed by atoms with Crippen LogP contribution in [-0.4, -0.2) is 42.4 Å². The first-order chi connectivity index (χ1) is 13.0. The molecule has 140 valence electrons. The van der Waals surface area contributed by atoms with Gasteiger partial charge in [0.1, 0.15) is 17.9 Å². The molecule has 0 bridgehead atoms. The van der Waals surface area contributed by atoms with Crippen molar-refractivity contribution in [2.24, 2.45) is 11.8 Å². The molecule has 1 aromatic heterocycles. The largest absolute Gasteiger partial charge is 0.464 e. The Morgan fingerprint density at radius 1 is 1.19 bits per heavy atom. The molecule has 2 saturated heterocycles. The van der Waals surface area contributed by atoms with Gasteiger partial charge in [-0.15, -0.1) is 11.3 Å². The van der Waals surface area contributed by atoms with Gasteiger partial charge in [0.25, 0.3) is 0 Å². The molecule has 2 aromatic rings. The van der Waals surface area contributed by atoms with Crippen molar-refractivity contribution in [2.45, 2.75) is 18.0 Å². The Hall–Kier alpha value is -2.51. The molecular weight excluding hydrogens is 364 g/mol. The van der Waals surface area contributed by atoms with Gasteiger partial charge >= 0.3 is 5.97 Å². The quantitative estimate of drug-likeness (QED) is 0.622. The normalized spacial score (nSPS) is 29.9. The zero-order valence-corrected chi connectivity index (χ0v) is 15.9. The predicted molar refractivity (Wildman–Crippen MR) is 98.6 cm³/mol. The second kappa shape index (κ2) is 6.58. The van der Waals surface area contributed by atoms with E-state index in [0.29, 0.717) is 6.42 Å². The van der Waals surface area contributed by atoms with E-state index in [-0.39, 0.29) is 17.9 Å². The average Bonchev–Trinajstić information content (AvgIpc) is 3.37. The summed E-state index contributed by atoms with van der Waals surface area (Å²) in [6.45, 7) is 0. The number of rotatable bonds is 4. The Morgan fingerprint density at radius 2 is 1.93 bits per heavy atom. The van der Waals surface area contributed by atoms with Crippen LogP contribution in [0.4, 0.5) is 0 Å². The minimum Gasteiger partial charge on any atom is -0.464 e. The molecule has 0 spiro atoms. The van der Waals surface area contributed by atoms with E-state index >= 15 is 0 Å². The average molecular weight is 385 g/mol. The fourth-order valence-corrected chi connectivity index (χ4v) is 5.41. The molecule has 4 atom stereocenters. The van der Waals surface area contributed by atoms with Gasteiger partial charge in [0.15, 0.2) is 0 Å². The topological polar surface area (TPSA) is 80.3 Å². The summed E-state index contributed by atoms with van der Waals surface area (Å²) in [5.41, 5.74) is -0.230. The highest BCUT2D eigenvalue weighted by atomic mass is 32.1. The lowest BCUT2D eigenvalue weighted by Gasteiger charge is -2.28. The Kier molecular flexibility index (Phi) is 4.36. The van der Waals surface area contributed by atoms with E-state index in [9.17, 15) is 14.4 Å². The number of hydrogen-bond acceptors (Lipinski definition) is 5. The maximum absolute atomic E-state index is 13.0. The van der Waals surface area contributed by atoms with Crippen molar-refractivity contribution in [3.8, 4) is 0 Å². The highest BCUT2D eigenvalue weighted by molar-refractivity contribution is 7.10. The molecule has 1 aromatic carbocycles. The summed E-state index contributed by atoms with van der Waals surface area (Å²) in [7, 11) is 2.83. The van der Waals surface area contributed by atoms with E-state index < -0.39 is 23.3 Å². The van der Waals surface area contributed by atoms with Crippen molar-refractivity contribution < 1.29 is 24.4 Å². The first-order valence-electron chi connectivity index (χ1n) is 8.83. The molecule has 27 heavy (non-hydrogen) atoms. The fourth-order valence-electron chi connectivity index (χ4n) is 4.57. The van der Waals surface area contributed by atoms with E-state index in [4.69, 9.17) is 4.74 Å². The lowest BCUT2D eigenvalue weighted by atomic mass is 9.76. The maximum atomic E-state index is 13.0. The lowest BCUT2D eigenvalue weighted by Crippen LogP contribution is -2.98. The van der Waals surface area contributed by atoms with E-state index in [1.54, 1.807) is 0 Å². The number of hydrogen-bond donors (Lipinski definition) is 1. The second-order valence-corrected chi connectivity index (χ2v) is 8.12. The number of benzene rings is 1. The first-order valence-corrected chi connectivity index (χ1v) is 9.71. The third-order valence-corrected chi connectivity index (χ3v) is 6.74. The van der Waals surface area contributed by atoms with E-state index in [1.165, 1.54) is 30.4 Å². The van der Waals surface area contributed by atoms with Crippen molar-refractivity contribution in [2.75, 3.05) is 14.2 Å². The highest BCUT2D eigenvalue weighted by Crippen LogP contribution is 2.46.